The Morgan fingerprint density at radius 3 is 1.40 bits per heavy atom. The van der Waals surface area contributed by atoms with Crippen LogP contribution in [0, 0.1) is 5.82 Å². The van der Waals surface area contributed by atoms with Crippen molar-refractivity contribution in [2.24, 2.45) is 0 Å². The normalized spacial score (nSPS) is 12.8. The van der Waals surface area contributed by atoms with Crippen molar-refractivity contribution in [2.75, 3.05) is 4.90 Å². The van der Waals surface area contributed by atoms with Crippen LogP contribution < -0.4 is 4.90 Å². The van der Waals surface area contributed by atoms with Gasteiger partial charge in [0.05, 0.1) is 27.5 Å². The van der Waals surface area contributed by atoms with Gasteiger partial charge < -0.3 is 14.0 Å². The highest BCUT2D eigenvalue weighted by Gasteiger charge is 2.46. The van der Waals surface area contributed by atoms with E-state index >= 15 is 4.39 Å². The summed E-state index contributed by atoms with van der Waals surface area (Å²) in [6.45, 7) is 0. The molecule has 1 aliphatic rings. The van der Waals surface area contributed by atoms with Crippen molar-refractivity contribution >= 4 is 60.7 Å². The molecule has 0 N–H and O–H groups in total. The van der Waals surface area contributed by atoms with Crippen LogP contribution in [0.4, 0.5) is 21.5 Å². The predicted molar refractivity (Wildman–Crippen MR) is 267 cm³/mol. The maximum Gasteiger partial charge on any atom is 0.125 e. The first-order chi connectivity index (χ1) is 32.2. The molecule has 306 valence electrons. The van der Waals surface area contributed by atoms with Crippen LogP contribution in [0.5, 0.6) is 0 Å². The Kier molecular flexibility index (Phi) is 8.31. The lowest BCUT2D eigenvalue weighted by Crippen LogP contribution is -2.28. The average molecular weight is 834 g/mol. The minimum Gasteiger partial charge on any atom is -0.310 e. The van der Waals surface area contributed by atoms with Gasteiger partial charge in [-0.05, 0) is 112 Å². The van der Waals surface area contributed by atoms with Gasteiger partial charge in [-0.3, -0.25) is 0 Å². The topological polar surface area (TPSA) is 13.1 Å². The molecule has 0 bridgehead atoms. The molecule has 0 amide bonds. The molecule has 2 heterocycles. The van der Waals surface area contributed by atoms with E-state index in [1.54, 1.807) is 12.1 Å². The summed E-state index contributed by atoms with van der Waals surface area (Å²) in [4.78, 5) is 2.41. The Labute approximate surface area is 376 Å². The molecule has 0 aliphatic heterocycles. The third kappa shape index (κ3) is 5.54. The fourth-order valence-electron chi connectivity index (χ4n) is 11.0. The fraction of sp³-hybridized carbons (Fsp3) is 0.0164. The minimum absolute atomic E-state index is 0.271. The first kappa shape index (κ1) is 37.1. The molecule has 0 fully saturated rings. The van der Waals surface area contributed by atoms with E-state index in [0.717, 1.165) is 61.3 Å². The molecule has 2 aromatic heterocycles. The molecule has 13 rings (SSSR count). The summed E-state index contributed by atoms with van der Waals surface area (Å²) in [5.41, 5.74) is 16.0. The zero-order chi connectivity index (χ0) is 43.1. The van der Waals surface area contributed by atoms with Crippen molar-refractivity contribution in [3.8, 4) is 22.5 Å². The monoisotopic (exact) mass is 833 g/mol. The molecule has 12 aromatic rings. The SMILES string of the molecule is Fc1cccc(-n2c3ccccc3c3ccc(N(c4ccc5c(c4)C(c4ccccc4)(c4ccccc4)c4ccccc4-5)c4ccc5c6ccccc6n(-c6ccccc6)c5c4)cc32)c1. The van der Waals surface area contributed by atoms with E-state index in [9.17, 15) is 0 Å². The maximum absolute atomic E-state index is 15.1. The van der Waals surface area contributed by atoms with Gasteiger partial charge in [-0.1, -0.05) is 164 Å². The molecule has 1 aliphatic carbocycles. The molecule has 0 atom stereocenters. The maximum atomic E-state index is 15.1. The molecule has 4 heteroatoms. The van der Waals surface area contributed by atoms with Crippen LogP contribution in [0.25, 0.3) is 66.1 Å². The van der Waals surface area contributed by atoms with Crippen LogP contribution in [0.2, 0.25) is 0 Å². The number of fused-ring (bicyclic) bond motifs is 9. The Hall–Kier alpha value is -8.47. The van der Waals surface area contributed by atoms with Crippen LogP contribution in [-0.2, 0) is 5.41 Å². The van der Waals surface area contributed by atoms with Gasteiger partial charge in [0, 0.05) is 50.0 Å². The van der Waals surface area contributed by atoms with Gasteiger partial charge in [-0.15, -0.1) is 0 Å². The number of benzene rings is 10. The third-order valence-electron chi connectivity index (χ3n) is 13.6. The van der Waals surface area contributed by atoms with Gasteiger partial charge in [0.15, 0.2) is 0 Å². The van der Waals surface area contributed by atoms with E-state index in [1.165, 1.54) is 50.2 Å². The zero-order valence-corrected chi connectivity index (χ0v) is 35.3. The van der Waals surface area contributed by atoms with Crippen LogP contribution in [0.3, 0.4) is 0 Å². The third-order valence-corrected chi connectivity index (χ3v) is 13.6. The highest BCUT2D eigenvalue weighted by Crippen LogP contribution is 2.57. The van der Waals surface area contributed by atoms with Crippen LogP contribution in [-0.4, -0.2) is 9.13 Å². The van der Waals surface area contributed by atoms with Crippen molar-refractivity contribution in [1.82, 2.24) is 9.13 Å². The second kappa shape index (κ2) is 14.5. The van der Waals surface area contributed by atoms with Gasteiger partial charge in [0.25, 0.3) is 0 Å². The van der Waals surface area contributed by atoms with Crippen molar-refractivity contribution in [3.05, 3.63) is 271 Å². The predicted octanol–water partition coefficient (Wildman–Crippen LogP) is 15.9. The quantitative estimate of drug-likeness (QED) is 0.156. The van der Waals surface area contributed by atoms with Crippen LogP contribution in [0.1, 0.15) is 22.3 Å². The number of rotatable bonds is 7. The number of para-hydroxylation sites is 3. The van der Waals surface area contributed by atoms with E-state index < -0.39 is 5.41 Å². The molecule has 0 saturated carbocycles. The van der Waals surface area contributed by atoms with Crippen LogP contribution >= 0.6 is 0 Å². The summed E-state index contributed by atoms with van der Waals surface area (Å²) < 4.78 is 19.6. The van der Waals surface area contributed by atoms with Crippen molar-refractivity contribution in [1.29, 1.82) is 0 Å². The number of anilines is 3. The number of aromatic nitrogens is 2. The standard InChI is InChI=1S/C61H40FN3/c62-43-21-16-24-45(37-43)65-58-30-15-12-27-52(58)54-36-33-48(40-60(54)65)63(47-32-35-53-51-26-11-14-29-57(51)64(59(53)39-47)44-22-8-3-9-23-44)46-31-34-50-49-25-10-13-28-55(49)61(56(50)38-46,41-17-4-1-5-18-41)42-19-6-2-7-20-42/h1-40H. The van der Waals surface area contributed by atoms with Crippen molar-refractivity contribution < 1.29 is 4.39 Å². The molecule has 0 radical (unpaired) electrons. The van der Waals surface area contributed by atoms with Gasteiger partial charge in [-0.2, -0.15) is 0 Å². The van der Waals surface area contributed by atoms with E-state index in [0.29, 0.717) is 0 Å². The zero-order valence-electron chi connectivity index (χ0n) is 35.3. The van der Waals surface area contributed by atoms with Crippen molar-refractivity contribution in [2.45, 2.75) is 5.41 Å². The first-order valence-corrected chi connectivity index (χ1v) is 22.2. The lowest BCUT2D eigenvalue weighted by molar-refractivity contribution is 0.627. The Morgan fingerprint density at radius 2 is 0.785 bits per heavy atom. The molecule has 10 aromatic carbocycles. The lowest BCUT2D eigenvalue weighted by atomic mass is 9.67. The Bertz CT molecular complexity index is 3750. The van der Waals surface area contributed by atoms with Crippen molar-refractivity contribution in [3.63, 3.8) is 0 Å². The molecule has 0 saturated heterocycles. The summed E-state index contributed by atoms with van der Waals surface area (Å²) in [5, 5.41) is 4.61. The van der Waals surface area contributed by atoms with E-state index in [-0.39, 0.29) is 5.82 Å². The van der Waals surface area contributed by atoms with E-state index in [2.05, 4.69) is 232 Å². The first-order valence-electron chi connectivity index (χ1n) is 22.2. The lowest BCUT2D eigenvalue weighted by Gasteiger charge is -2.35. The molecule has 0 spiro atoms. The number of halogens is 1. The smallest absolute Gasteiger partial charge is 0.125 e. The largest absolute Gasteiger partial charge is 0.310 e. The number of hydrogen-bond acceptors (Lipinski definition) is 1. The summed E-state index contributed by atoms with van der Waals surface area (Å²) in [6, 6.07) is 86.2. The Balaban J connectivity index is 1.12. The summed E-state index contributed by atoms with van der Waals surface area (Å²) in [6.07, 6.45) is 0. The van der Waals surface area contributed by atoms with Crippen LogP contribution in [0.15, 0.2) is 243 Å². The van der Waals surface area contributed by atoms with Gasteiger partial charge >= 0.3 is 0 Å². The molecular formula is C61H40FN3. The minimum atomic E-state index is -0.576. The summed E-state index contributed by atoms with van der Waals surface area (Å²) in [5.74, 6) is -0.271. The molecule has 65 heavy (non-hydrogen) atoms. The van der Waals surface area contributed by atoms with E-state index in [4.69, 9.17) is 0 Å². The summed E-state index contributed by atoms with van der Waals surface area (Å²) >= 11 is 0. The highest BCUT2D eigenvalue weighted by atomic mass is 19.1. The average Bonchev–Trinajstić information content (AvgIpc) is 3.98. The second-order valence-electron chi connectivity index (χ2n) is 17.0. The Morgan fingerprint density at radius 1 is 0.323 bits per heavy atom. The number of nitrogens with zero attached hydrogens (tertiary/aromatic N) is 3. The number of hydrogen-bond donors (Lipinski definition) is 0. The van der Waals surface area contributed by atoms with E-state index in [1.807, 2.05) is 6.07 Å². The highest BCUT2D eigenvalue weighted by molar-refractivity contribution is 6.12. The van der Waals surface area contributed by atoms with Gasteiger partial charge in [0.2, 0.25) is 0 Å². The molecular weight excluding hydrogens is 794 g/mol. The van der Waals surface area contributed by atoms with Gasteiger partial charge in [-0.25, -0.2) is 4.39 Å². The molecule has 0 unspecified atom stereocenters. The van der Waals surface area contributed by atoms with Gasteiger partial charge in [0.1, 0.15) is 5.82 Å². The fourth-order valence-corrected chi connectivity index (χ4v) is 11.0. The summed E-state index contributed by atoms with van der Waals surface area (Å²) in [7, 11) is 0. The molecule has 3 nitrogen and oxygen atoms in total. The second-order valence-corrected chi connectivity index (χ2v) is 17.0.